The number of hydrogen-bond donors (Lipinski definition) is 3. The summed E-state index contributed by atoms with van der Waals surface area (Å²) in [7, 11) is 1.27. The van der Waals surface area contributed by atoms with Crippen molar-refractivity contribution in [2.24, 2.45) is 5.41 Å². The first kappa shape index (κ1) is 25.2. The van der Waals surface area contributed by atoms with E-state index in [1.807, 2.05) is 55.5 Å². The molecule has 2 amide bonds. The van der Waals surface area contributed by atoms with Crippen LogP contribution < -0.4 is 10.6 Å². The van der Waals surface area contributed by atoms with Crippen molar-refractivity contribution in [1.29, 1.82) is 0 Å². The number of carboxylic acid groups (broad SMARTS) is 1. The largest absolute Gasteiger partial charge is 0.481 e. The average molecular weight is 566 g/mol. The third kappa shape index (κ3) is 4.35. The van der Waals surface area contributed by atoms with E-state index in [0.29, 0.717) is 42.1 Å². The number of benzene rings is 2. The van der Waals surface area contributed by atoms with Gasteiger partial charge in [-0.1, -0.05) is 46.3 Å². The molecule has 1 heterocycles. The second-order valence-electron chi connectivity index (χ2n) is 10.1. The van der Waals surface area contributed by atoms with Crippen LogP contribution in [0, 0.1) is 12.3 Å². The van der Waals surface area contributed by atoms with Crippen LogP contribution in [0.1, 0.15) is 48.0 Å². The number of fused-ring (bicyclic) bond motifs is 4. The van der Waals surface area contributed by atoms with Crippen LogP contribution >= 0.6 is 15.9 Å². The smallest absolute Gasteiger partial charge is 0.407 e. The Bertz CT molecular complexity index is 1400. The number of carboxylic acids is 1. The Morgan fingerprint density at radius 2 is 1.78 bits per heavy atom. The van der Waals surface area contributed by atoms with Crippen LogP contribution in [-0.4, -0.2) is 46.8 Å². The number of hydrogen-bond acceptors (Lipinski definition) is 5. The average Bonchev–Trinajstić information content (AvgIpc) is 2.89. The molecule has 0 saturated heterocycles. The molecule has 3 fully saturated rings. The minimum atomic E-state index is -0.914. The van der Waals surface area contributed by atoms with E-state index in [-0.39, 0.29) is 12.3 Å². The maximum absolute atomic E-state index is 14.1. The minimum Gasteiger partial charge on any atom is -0.481 e. The lowest BCUT2D eigenvalue weighted by Gasteiger charge is -2.56. The van der Waals surface area contributed by atoms with Gasteiger partial charge in [0.05, 0.1) is 40.9 Å². The fraction of sp³-hybridized carbons (Fsp3) is 0.357. The third-order valence-corrected chi connectivity index (χ3v) is 8.61. The summed E-state index contributed by atoms with van der Waals surface area (Å²) in [6, 6.07) is 14.8. The van der Waals surface area contributed by atoms with Gasteiger partial charge in [0, 0.05) is 15.4 Å². The fourth-order valence-electron chi connectivity index (χ4n) is 6.01. The molecule has 37 heavy (non-hydrogen) atoms. The first-order valence-electron chi connectivity index (χ1n) is 12.2. The van der Waals surface area contributed by atoms with Crippen LogP contribution in [0.25, 0.3) is 22.2 Å². The molecule has 3 aliphatic rings. The van der Waals surface area contributed by atoms with Gasteiger partial charge in [-0.05, 0) is 62.8 Å². The molecule has 0 spiro atoms. The van der Waals surface area contributed by atoms with Gasteiger partial charge >= 0.3 is 12.1 Å². The number of rotatable bonds is 5. The number of carbonyl (C=O) groups excluding carboxylic acids is 2. The van der Waals surface area contributed by atoms with E-state index in [2.05, 4.69) is 26.6 Å². The van der Waals surface area contributed by atoms with Crippen LogP contribution in [0.4, 0.5) is 4.79 Å². The van der Waals surface area contributed by atoms with Gasteiger partial charge in [0.15, 0.2) is 0 Å². The lowest BCUT2D eigenvalue weighted by molar-refractivity contribution is -0.158. The Morgan fingerprint density at radius 1 is 1.08 bits per heavy atom. The normalized spacial score (nSPS) is 24.5. The molecule has 3 aliphatic carbocycles. The van der Waals surface area contributed by atoms with Gasteiger partial charge in [0.2, 0.25) is 0 Å². The second-order valence-corrected chi connectivity index (χ2v) is 11.0. The van der Waals surface area contributed by atoms with Gasteiger partial charge in [0.25, 0.3) is 5.91 Å². The zero-order chi connectivity index (χ0) is 26.4. The van der Waals surface area contributed by atoms with Gasteiger partial charge in [-0.3, -0.25) is 9.59 Å². The lowest BCUT2D eigenvalue weighted by atomic mass is 9.55. The summed E-state index contributed by atoms with van der Waals surface area (Å²) in [5.41, 5.74) is 1.87. The maximum atomic E-state index is 14.1. The highest BCUT2D eigenvalue weighted by atomic mass is 79.9. The number of alkyl carbamates (subject to hydrolysis) is 1. The topological polar surface area (TPSA) is 118 Å². The molecule has 3 aromatic rings. The Morgan fingerprint density at radius 3 is 2.43 bits per heavy atom. The van der Waals surface area contributed by atoms with Crippen molar-refractivity contribution in [2.45, 2.75) is 50.6 Å². The molecular weight excluding hydrogens is 538 g/mol. The molecule has 8 nitrogen and oxygen atoms in total. The number of nitrogens with zero attached hydrogens (tertiary/aromatic N) is 1. The van der Waals surface area contributed by atoms with Crippen LogP contribution in [-0.2, 0) is 9.53 Å². The van der Waals surface area contributed by atoms with E-state index >= 15 is 0 Å². The van der Waals surface area contributed by atoms with Crippen molar-refractivity contribution in [1.82, 2.24) is 15.6 Å². The van der Waals surface area contributed by atoms with Crippen LogP contribution in [0.3, 0.4) is 0 Å². The number of ether oxygens (including phenoxy) is 1. The third-order valence-electron chi connectivity index (χ3n) is 8.12. The molecule has 3 N–H and O–H groups in total. The van der Waals surface area contributed by atoms with Crippen molar-refractivity contribution in [3.05, 3.63) is 64.1 Å². The quantitative estimate of drug-likeness (QED) is 0.390. The van der Waals surface area contributed by atoms with Gasteiger partial charge in [-0.2, -0.15) is 0 Å². The molecule has 0 radical (unpaired) electrons. The number of methoxy groups -OCH3 is 1. The molecule has 1 aromatic heterocycles. The number of aliphatic carboxylic acids is 1. The zero-order valence-electron chi connectivity index (χ0n) is 20.6. The first-order valence-corrected chi connectivity index (χ1v) is 13.0. The van der Waals surface area contributed by atoms with Crippen LogP contribution in [0.2, 0.25) is 0 Å². The molecular formula is C28H28BrN3O5. The molecule has 2 aromatic carbocycles. The van der Waals surface area contributed by atoms with Gasteiger partial charge in [-0.15, -0.1) is 0 Å². The summed E-state index contributed by atoms with van der Waals surface area (Å²) < 4.78 is 5.65. The summed E-state index contributed by atoms with van der Waals surface area (Å²) in [6.45, 7) is 1.89. The number of amides is 2. The fourth-order valence-corrected chi connectivity index (χ4v) is 6.37. The first-order chi connectivity index (χ1) is 17.7. The van der Waals surface area contributed by atoms with Crippen molar-refractivity contribution >= 4 is 44.8 Å². The highest BCUT2D eigenvalue weighted by Gasteiger charge is 2.59. The van der Waals surface area contributed by atoms with E-state index in [1.165, 1.54) is 7.11 Å². The van der Waals surface area contributed by atoms with Crippen molar-refractivity contribution in [3.63, 3.8) is 0 Å². The molecule has 6 rings (SSSR count). The van der Waals surface area contributed by atoms with E-state index in [0.717, 1.165) is 21.3 Å². The monoisotopic (exact) mass is 565 g/mol. The van der Waals surface area contributed by atoms with Crippen molar-refractivity contribution in [3.8, 4) is 11.3 Å². The summed E-state index contributed by atoms with van der Waals surface area (Å²) in [5.74, 6) is -1.14. The number of nitrogens with one attached hydrogen (secondary N) is 2. The standard InChI is InChI=1S/C28H28BrN3O5/c1-16-22(19-14-18(29)8-9-20(19)30-23(16)17-6-4-3-5-7-17)24(33)32-28-12-10-27(11-13-28,25(34)35)15-21(28)31-26(36)37-2/h3-9,14,21H,10-13,15H2,1-2H3,(H,31,36)(H,32,33)(H,34,35). The number of pyridine rings is 1. The SMILES string of the molecule is COC(=O)NC1CC2(C(=O)O)CCC1(NC(=O)c1c(C)c(-c3ccccc3)nc3ccc(Br)cc13)CC2. The maximum Gasteiger partial charge on any atom is 0.407 e. The van der Waals surface area contributed by atoms with E-state index in [9.17, 15) is 19.5 Å². The van der Waals surface area contributed by atoms with Gasteiger partial charge in [-0.25, -0.2) is 9.78 Å². The van der Waals surface area contributed by atoms with E-state index in [4.69, 9.17) is 9.72 Å². The molecule has 9 heteroatoms. The Balaban J connectivity index is 1.59. The van der Waals surface area contributed by atoms with E-state index in [1.54, 1.807) is 0 Å². The number of carbonyl (C=O) groups is 3. The molecule has 192 valence electrons. The highest BCUT2D eigenvalue weighted by Crippen LogP contribution is 2.53. The Hall–Kier alpha value is -3.46. The van der Waals surface area contributed by atoms with E-state index < -0.39 is 29.1 Å². The van der Waals surface area contributed by atoms with Crippen molar-refractivity contribution < 1.29 is 24.2 Å². The summed E-state index contributed by atoms with van der Waals surface area (Å²) in [5, 5.41) is 16.7. The molecule has 2 bridgehead atoms. The van der Waals surface area contributed by atoms with Gasteiger partial charge < -0.3 is 20.5 Å². The Labute approximate surface area is 222 Å². The summed E-state index contributed by atoms with van der Waals surface area (Å²) in [4.78, 5) is 43.3. The molecule has 0 aliphatic heterocycles. The second kappa shape index (κ2) is 9.45. The highest BCUT2D eigenvalue weighted by molar-refractivity contribution is 9.10. The Kier molecular flexibility index (Phi) is 6.43. The summed E-state index contributed by atoms with van der Waals surface area (Å²) in [6.07, 6.45) is 1.33. The molecule has 3 saturated carbocycles. The van der Waals surface area contributed by atoms with Gasteiger partial charge in [0.1, 0.15) is 0 Å². The lowest BCUT2D eigenvalue weighted by Crippen LogP contribution is -2.70. The van der Waals surface area contributed by atoms with Crippen LogP contribution in [0.5, 0.6) is 0 Å². The predicted molar refractivity (Wildman–Crippen MR) is 142 cm³/mol. The predicted octanol–water partition coefficient (Wildman–Crippen LogP) is 5.21. The van der Waals surface area contributed by atoms with Crippen LogP contribution in [0.15, 0.2) is 53.0 Å². The summed E-state index contributed by atoms with van der Waals surface area (Å²) >= 11 is 3.52. The van der Waals surface area contributed by atoms with Crippen molar-refractivity contribution in [2.75, 3.05) is 7.11 Å². The zero-order valence-corrected chi connectivity index (χ0v) is 22.2. The minimum absolute atomic E-state index is 0.231. The molecule has 1 atom stereocenters. The number of halogens is 1. The number of aromatic nitrogens is 1. The molecule has 1 unspecified atom stereocenters.